The smallest absolute Gasteiger partial charge is 0.326 e. The van der Waals surface area contributed by atoms with Crippen LogP contribution in [-0.4, -0.2) is 54.0 Å². The standard InChI is InChI=1S/C19H25N3O6/c1-11(2)14-10-28-15-6-4-3-5-12(15)18(25)22-13(19(26)27)7-8-16(23)20-9-17(24)21-14/h3-6,11,13-14H,7-10H2,1-2H3,(H,20,23)(H,21,24)(H,22,25)(H,26,27)/t13-,14+/m0/s1. The van der Waals surface area contributed by atoms with Crippen molar-refractivity contribution in [2.45, 2.75) is 38.8 Å². The van der Waals surface area contributed by atoms with Crippen LogP contribution in [0.15, 0.2) is 24.3 Å². The molecule has 3 amide bonds. The Morgan fingerprint density at radius 1 is 1.14 bits per heavy atom. The molecule has 9 nitrogen and oxygen atoms in total. The molecule has 0 bridgehead atoms. The van der Waals surface area contributed by atoms with Crippen LogP contribution in [0.25, 0.3) is 0 Å². The third-order valence-electron chi connectivity index (χ3n) is 4.41. The van der Waals surface area contributed by atoms with Gasteiger partial charge in [-0.3, -0.25) is 14.4 Å². The number of carboxylic acids is 1. The zero-order valence-corrected chi connectivity index (χ0v) is 15.9. The third kappa shape index (κ3) is 5.97. The predicted octanol–water partition coefficient (Wildman–Crippen LogP) is 0.299. The lowest BCUT2D eigenvalue weighted by molar-refractivity contribution is -0.139. The fourth-order valence-electron chi connectivity index (χ4n) is 2.65. The first kappa shape index (κ1) is 21.2. The highest BCUT2D eigenvalue weighted by molar-refractivity contribution is 5.99. The largest absolute Gasteiger partial charge is 0.491 e. The van der Waals surface area contributed by atoms with E-state index in [9.17, 15) is 24.3 Å². The maximum absolute atomic E-state index is 12.6. The zero-order chi connectivity index (χ0) is 20.7. The van der Waals surface area contributed by atoms with Gasteiger partial charge in [-0.2, -0.15) is 0 Å². The van der Waals surface area contributed by atoms with Gasteiger partial charge < -0.3 is 25.8 Å². The van der Waals surface area contributed by atoms with Gasteiger partial charge in [-0.1, -0.05) is 26.0 Å². The Morgan fingerprint density at radius 2 is 1.86 bits per heavy atom. The monoisotopic (exact) mass is 391 g/mol. The van der Waals surface area contributed by atoms with E-state index >= 15 is 0 Å². The minimum atomic E-state index is -1.25. The topological polar surface area (TPSA) is 134 Å². The summed E-state index contributed by atoms with van der Waals surface area (Å²) in [6.07, 6.45) is -0.248. The van der Waals surface area contributed by atoms with E-state index < -0.39 is 23.8 Å². The van der Waals surface area contributed by atoms with E-state index in [1.165, 1.54) is 6.07 Å². The SMILES string of the molecule is CC(C)[C@H]1COc2ccccc2C(=O)N[C@H](C(=O)O)CCC(=O)NCC(=O)N1. The van der Waals surface area contributed by atoms with E-state index in [0.717, 1.165) is 0 Å². The molecule has 0 spiro atoms. The first-order chi connectivity index (χ1) is 13.3. The molecule has 1 heterocycles. The molecular weight excluding hydrogens is 366 g/mol. The van der Waals surface area contributed by atoms with Crippen molar-refractivity contribution in [3.05, 3.63) is 29.8 Å². The van der Waals surface area contributed by atoms with Crippen molar-refractivity contribution in [1.82, 2.24) is 16.0 Å². The summed E-state index contributed by atoms with van der Waals surface area (Å²) >= 11 is 0. The second-order valence-electron chi connectivity index (χ2n) is 6.90. The second-order valence-corrected chi connectivity index (χ2v) is 6.90. The lowest BCUT2D eigenvalue weighted by Gasteiger charge is -2.23. The Balaban J connectivity index is 2.30. The van der Waals surface area contributed by atoms with Gasteiger partial charge in [0.1, 0.15) is 18.4 Å². The number of ether oxygens (including phenoxy) is 1. The Morgan fingerprint density at radius 3 is 2.54 bits per heavy atom. The van der Waals surface area contributed by atoms with Crippen LogP contribution in [0.1, 0.15) is 37.0 Å². The van der Waals surface area contributed by atoms with E-state index in [2.05, 4.69) is 16.0 Å². The highest BCUT2D eigenvalue weighted by Crippen LogP contribution is 2.19. The average Bonchev–Trinajstić information content (AvgIpc) is 2.65. The van der Waals surface area contributed by atoms with Crippen molar-refractivity contribution in [3.8, 4) is 5.75 Å². The van der Waals surface area contributed by atoms with Gasteiger partial charge in [0.15, 0.2) is 0 Å². The van der Waals surface area contributed by atoms with E-state index in [4.69, 9.17) is 4.74 Å². The first-order valence-corrected chi connectivity index (χ1v) is 9.09. The summed E-state index contributed by atoms with van der Waals surface area (Å²) in [7, 11) is 0. The number of benzene rings is 1. The van der Waals surface area contributed by atoms with Crippen LogP contribution in [0.5, 0.6) is 5.75 Å². The van der Waals surface area contributed by atoms with E-state index in [1.54, 1.807) is 18.2 Å². The molecular formula is C19H25N3O6. The summed E-state index contributed by atoms with van der Waals surface area (Å²) in [4.78, 5) is 48.0. The molecule has 1 aromatic carbocycles. The number of nitrogens with one attached hydrogen (secondary N) is 3. The minimum absolute atomic E-state index is 0.0488. The van der Waals surface area contributed by atoms with Crippen molar-refractivity contribution in [1.29, 1.82) is 0 Å². The van der Waals surface area contributed by atoms with Crippen molar-refractivity contribution in [2.24, 2.45) is 5.92 Å². The number of hydrogen-bond acceptors (Lipinski definition) is 5. The second kappa shape index (κ2) is 9.72. The summed E-state index contributed by atoms with van der Waals surface area (Å²) in [5.41, 5.74) is 0.182. The molecule has 0 radical (unpaired) electrons. The fourth-order valence-corrected chi connectivity index (χ4v) is 2.65. The van der Waals surface area contributed by atoms with E-state index in [1.807, 2.05) is 13.8 Å². The van der Waals surface area contributed by atoms with Crippen LogP contribution in [0, 0.1) is 5.92 Å². The molecule has 0 aromatic heterocycles. The highest BCUT2D eigenvalue weighted by Gasteiger charge is 2.25. The lowest BCUT2D eigenvalue weighted by Crippen LogP contribution is -2.46. The summed E-state index contributed by atoms with van der Waals surface area (Å²) in [5.74, 6) is -2.36. The van der Waals surface area contributed by atoms with Crippen LogP contribution in [-0.2, 0) is 14.4 Å². The van der Waals surface area contributed by atoms with Gasteiger partial charge in [0.05, 0.1) is 18.2 Å². The van der Waals surface area contributed by atoms with Gasteiger partial charge in [0.2, 0.25) is 11.8 Å². The molecule has 0 saturated carbocycles. The van der Waals surface area contributed by atoms with Crippen molar-refractivity contribution < 1.29 is 29.0 Å². The first-order valence-electron chi connectivity index (χ1n) is 9.09. The molecule has 152 valence electrons. The van der Waals surface area contributed by atoms with Gasteiger partial charge in [-0.05, 0) is 24.5 Å². The molecule has 0 aliphatic carbocycles. The fraction of sp³-hybridized carbons (Fsp3) is 0.474. The number of carboxylic acid groups (broad SMARTS) is 1. The molecule has 0 saturated heterocycles. The Kier molecular flexibility index (Phi) is 7.36. The maximum atomic E-state index is 12.6. The number of rotatable bonds is 2. The number of aliphatic carboxylic acids is 1. The van der Waals surface area contributed by atoms with Gasteiger partial charge in [-0.25, -0.2) is 4.79 Å². The van der Waals surface area contributed by atoms with Crippen LogP contribution in [0.4, 0.5) is 0 Å². The van der Waals surface area contributed by atoms with Crippen molar-refractivity contribution >= 4 is 23.7 Å². The van der Waals surface area contributed by atoms with Crippen molar-refractivity contribution in [2.75, 3.05) is 13.2 Å². The van der Waals surface area contributed by atoms with Gasteiger partial charge in [-0.15, -0.1) is 0 Å². The van der Waals surface area contributed by atoms with Gasteiger partial charge in [0.25, 0.3) is 5.91 Å². The van der Waals surface area contributed by atoms with E-state index in [-0.39, 0.29) is 55.2 Å². The molecule has 1 aromatic rings. The molecule has 1 aliphatic rings. The number of carbonyl (C=O) groups is 4. The molecule has 2 rings (SSSR count). The van der Waals surface area contributed by atoms with Crippen LogP contribution < -0.4 is 20.7 Å². The maximum Gasteiger partial charge on any atom is 0.326 e. The third-order valence-corrected chi connectivity index (χ3v) is 4.41. The van der Waals surface area contributed by atoms with Crippen LogP contribution >= 0.6 is 0 Å². The number of amides is 3. The Labute approximate surface area is 162 Å². The zero-order valence-electron chi connectivity index (χ0n) is 15.9. The molecule has 4 N–H and O–H groups in total. The lowest BCUT2D eigenvalue weighted by atomic mass is 10.1. The molecule has 28 heavy (non-hydrogen) atoms. The molecule has 0 unspecified atom stereocenters. The minimum Gasteiger partial charge on any atom is -0.491 e. The Bertz CT molecular complexity index is 749. The normalized spacial score (nSPS) is 21.9. The summed E-state index contributed by atoms with van der Waals surface area (Å²) in [6, 6.07) is 4.89. The predicted molar refractivity (Wildman–Crippen MR) is 99.8 cm³/mol. The molecule has 1 aliphatic heterocycles. The number of carbonyl (C=O) groups excluding carboxylic acids is 3. The summed E-state index contributed by atoms with van der Waals surface area (Å²) in [6.45, 7) is 3.72. The van der Waals surface area contributed by atoms with Gasteiger partial charge in [0, 0.05) is 6.42 Å². The molecule has 0 fully saturated rings. The number of fused-ring (bicyclic) bond motifs is 1. The van der Waals surface area contributed by atoms with Crippen LogP contribution in [0.3, 0.4) is 0 Å². The summed E-state index contributed by atoms with van der Waals surface area (Å²) in [5, 5.41) is 17.0. The van der Waals surface area contributed by atoms with Crippen LogP contribution in [0.2, 0.25) is 0 Å². The Hall–Kier alpha value is -3.10. The number of hydrogen-bond donors (Lipinski definition) is 4. The quantitative estimate of drug-likeness (QED) is 0.573. The van der Waals surface area contributed by atoms with Gasteiger partial charge >= 0.3 is 5.97 Å². The number of para-hydroxylation sites is 1. The van der Waals surface area contributed by atoms with E-state index in [0.29, 0.717) is 0 Å². The molecule has 2 atom stereocenters. The summed E-state index contributed by atoms with van der Waals surface area (Å²) < 4.78 is 5.76. The average molecular weight is 391 g/mol. The molecule has 9 heteroatoms. The van der Waals surface area contributed by atoms with Crippen molar-refractivity contribution in [3.63, 3.8) is 0 Å². The highest BCUT2D eigenvalue weighted by atomic mass is 16.5.